The number of carboxylic acids is 2. The van der Waals surface area contributed by atoms with Crippen molar-refractivity contribution in [3.63, 3.8) is 0 Å². The largest absolute Gasteiger partial charge is 0.481 e. The number of amides is 3. The van der Waals surface area contributed by atoms with Crippen LogP contribution in [-0.4, -0.2) is 64.5 Å². The van der Waals surface area contributed by atoms with Crippen LogP contribution in [0.15, 0.2) is 30.3 Å². The molecule has 3 amide bonds. The van der Waals surface area contributed by atoms with Crippen molar-refractivity contribution in [2.45, 2.75) is 44.8 Å². The van der Waals surface area contributed by atoms with Crippen LogP contribution in [0.1, 0.15) is 25.8 Å². The van der Waals surface area contributed by atoms with Crippen LogP contribution >= 0.6 is 0 Å². The second-order valence-electron chi connectivity index (χ2n) is 7.24. The number of nitrogens with one attached hydrogen (secondary N) is 3. The fraction of sp³-hybridized carbons (Fsp3) is 0.450. The van der Waals surface area contributed by atoms with Gasteiger partial charge in [0.05, 0.1) is 13.0 Å². The minimum Gasteiger partial charge on any atom is -0.481 e. The summed E-state index contributed by atoms with van der Waals surface area (Å²) in [6.07, 6.45) is -0.804. The third kappa shape index (κ3) is 8.83. The van der Waals surface area contributed by atoms with E-state index in [1.54, 1.807) is 44.2 Å². The van der Waals surface area contributed by atoms with E-state index in [0.717, 1.165) is 0 Å². The number of carbonyl (C=O) groups is 5. The summed E-state index contributed by atoms with van der Waals surface area (Å²) in [6, 6.07) is 4.62. The minimum atomic E-state index is -1.54. The second-order valence-corrected chi connectivity index (χ2v) is 7.24. The molecule has 0 aliphatic heterocycles. The summed E-state index contributed by atoms with van der Waals surface area (Å²) in [5.41, 5.74) is 5.89. The Morgan fingerprint density at radius 2 is 1.48 bits per heavy atom. The molecule has 0 aliphatic carbocycles. The van der Waals surface area contributed by atoms with E-state index in [1.807, 2.05) is 0 Å². The Labute approximate surface area is 179 Å². The zero-order chi connectivity index (χ0) is 23.6. The lowest BCUT2D eigenvalue weighted by atomic mass is 10.0. The fourth-order valence-electron chi connectivity index (χ4n) is 2.73. The van der Waals surface area contributed by atoms with Crippen LogP contribution < -0.4 is 21.7 Å². The molecule has 0 aromatic heterocycles. The van der Waals surface area contributed by atoms with E-state index in [4.69, 9.17) is 10.8 Å². The van der Waals surface area contributed by atoms with Crippen molar-refractivity contribution in [2.24, 2.45) is 11.7 Å². The molecule has 0 bridgehead atoms. The maximum absolute atomic E-state index is 12.6. The van der Waals surface area contributed by atoms with Crippen LogP contribution in [0.4, 0.5) is 0 Å². The fourth-order valence-corrected chi connectivity index (χ4v) is 2.73. The van der Waals surface area contributed by atoms with Crippen LogP contribution in [0.5, 0.6) is 0 Å². The van der Waals surface area contributed by atoms with E-state index in [0.29, 0.717) is 5.56 Å². The average molecular weight is 436 g/mol. The van der Waals surface area contributed by atoms with Gasteiger partial charge in [-0.25, -0.2) is 4.79 Å². The van der Waals surface area contributed by atoms with Gasteiger partial charge in [0, 0.05) is 6.42 Å². The zero-order valence-corrected chi connectivity index (χ0v) is 17.3. The van der Waals surface area contributed by atoms with Gasteiger partial charge in [-0.15, -0.1) is 0 Å². The van der Waals surface area contributed by atoms with Gasteiger partial charge in [0.15, 0.2) is 0 Å². The average Bonchev–Trinajstić information content (AvgIpc) is 2.70. The first-order chi connectivity index (χ1) is 14.5. The first kappa shape index (κ1) is 25.6. The molecular formula is C20H28N4O7. The SMILES string of the molecule is CC(C)C(NC(=O)CN)C(=O)NC(CC(=O)O)C(=O)NC(Cc1ccccc1)C(=O)O. The van der Waals surface area contributed by atoms with Crippen molar-refractivity contribution < 1.29 is 34.2 Å². The van der Waals surface area contributed by atoms with Crippen LogP contribution in [0.3, 0.4) is 0 Å². The summed E-state index contributed by atoms with van der Waals surface area (Å²) in [7, 11) is 0. The molecule has 1 rings (SSSR count). The van der Waals surface area contributed by atoms with Gasteiger partial charge in [0.2, 0.25) is 17.7 Å². The van der Waals surface area contributed by atoms with Gasteiger partial charge in [-0.05, 0) is 11.5 Å². The zero-order valence-electron chi connectivity index (χ0n) is 17.3. The summed E-state index contributed by atoms with van der Waals surface area (Å²) in [5.74, 6) is -5.41. The molecular weight excluding hydrogens is 408 g/mol. The third-order valence-electron chi connectivity index (χ3n) is 4.36. The minimum absolute atomic E-state index is 0.0309. The van der Waals surface area contributed by atoms with Crippen molar-refractivity contribution in [1.29, 1.82) is 0 Å². The number of benzene rings is 1. The lowest BCUT2D eigenvalue weighted by Crippen LogP contribution is -2.58. The van der Waals surface area contributed by atoms with Crippen LogP contribution in [0.2, 0.25) is 0 Å². The van der Waals surface area contributed by atoms with Crippen LogP contribution in [-0.2, 0) is 30.4 Å². The van der Waals surface area contributed by atoms with Gasteiger partial charge >= 0.3 is 11.9 Å². The topological polar surface area (TPSA) is 188 Å². The predicted octanol–water partition coefficient (Wildman–Crippen LogP) is -1.14. The molecule has 3 atom stereocenters. The maximum Gasteiger partial charge on any atom is 0.326 e. The molecule has 0 saturated heterocycles. The Bertz CT molecular complexity index is 798. The molecule has 1 aromatic carbocycles. The number of carboxylic acid groups (broad SMARTS) is 2. The number of rotatable bonds is 12. The molecule has 7 N–H and O–H groups in total. The monoisotopic (exact) mass is 436 g/mol. The Morgan fingerprint density at radius 1 is 0.903 bits per heavy atom. The normalized spacial score (nSPS) is 13.5. The Kier molecular flexibility index (Phi) is 10.1. The third-order valence-corrected chi connectivity index (χ3v) is 4.36. The number of hydrogen-bond acceptors (Lipinski definition) is 6. The van der Waals surface area contributed by atoms with Crippen molar-refractivity contribution in [2.75, 3.05) is 6.54 Å². The summed E-state index contributed by atoms with van der Waals surface area (Å²) < 4.78 is 0. The van der Waals surface area contributed by atoms with Gasteiger partial charge in [-0.1, -0.05) is 44.2 Å². The molecule has 11 heteroatoms. The maximum atomic E-state index is 12.6. The smallest absolute Gasteiger partial charge is 0.326 e. The number of nitrogens with two attached hydrogens (primary N) is 1. The molecule has 0 fully saturated rings. The molecule has 170 valence electrons. The van der Waals surface area contributed by atoms with E-state index in [1.165, 1.54) is 0 Å². The first-order valence-corrected chi connectivity index (χ1v) is 9.63. The molecule has 0 aliphatic rings. The summed E-state index contributed by atoms with van der Waals surface area (Å²) in [5, 5.41) is 25.5. The quantitative estimate of drug-likeness (QED) is 0.237. The van der Waals surface area contributed by atoms with Crippen molar-refractivity contribution in [3.05, 3.63) is 35.9 Å². The Balaban J connectivity index is 2.96. The highest BCUT2D eigenvalue weighted by Crippen LogP contribution is 2.06. The van der Waals surface area contributed by atoms with E-state index in [9.17, 15) is 29.1 Å². The standard InChI is InChI=1S/C20H28N4O7/c1-11(2)17(24-15(25)10-21)19(29)22-13(9-16(26)27)18(28)23-14(20(30)31)8-12-6-4-3-5-7-12/h3-7,11,13-14,17H,8-10,21H2,1-2H3,(H,22,29)(H,23,28)(H,24,25)(H,26,27)(H,30,31). The molecule has 0 spiro atoms. The molecule has 3 unspecified atom stereocenters. The summed E-state index contributed by atoms with van der Waals surface area (Å²) in [6.45, 7) is 2.94. The van der Waals surface area contributed by atoms with E-state index in [2.05, 4.69) is 16.0 Å². The molecule has 0 saturated carbocycles. The number of aliphatic carboxylic acids is 2. The van der Waals surface area contributed by atoms with E-state index in [-0.39, 0.29) is 18.9 Å². The summed E-state index contributed by atoms with van der Waals surface area (Å²) >= 11 is 0. The van der Waals surface area contributed by atoms with E-state index < -0.39 is 54.2 Å². The summed E-state index contributed by atoms with van der Waals surface area (Å²) in [4.78, 5) is 59.6. The van der Waals surface area contributed by atoms with Crippen molar-refractivity contribution >= 4 is 29.7 Å². The highest BCUT2D eigenvalue weighted by Gasteiger charge is 2.32. The van der Waals surface area contributed by atoms with Crippen LogP contribution in [0.25, 0.3) is 0 Å². The molecule has 1 aromatic rings. The van der Waals surface area contributed by atoms with Crippen molar-refractivity contribution in [1.82, 2.24) is 16.0 Å². The highest BCUT2D eigenvalue weighted by molar-refractivity contribution is 5.95. The van der Waals surface area contributed by atoms with Gasteiger partial charge in [-0.2, -0.15) is 0 Å². The lowest BCUT2D eigenvalue weighted by molar-refractivity contribution is -0.143. The highest BCUT2D eigenvalue weighted by atomic mass is 16.4. The Morgan fingerprint density at radius 3 is 1.97 bits per heavy atom. The molecule has 11 nitrogen and oxygen atoms in total. The van der Waals surface area contributed by atoms with Gasteiger partial charge < -0.3 is 31.9 Å². The molecule has 0 heterocycles. The van der Waals surface area contributed by atoms with Crippen molar-refractivity contribution in [3.8, 4) is 0 Å². The predicted molar refractivity (Wildman–Crippen MR) is 110 cm³/mol. The molecule has 31 heavy (non-hydrogen) atoms. The first-order valence-electron chi connectivity index (χ1n) is 9.63. The second kappa shape index (κ2) is 12.3. The Hall–Kier alpha value is -3.47. The number of carbonyl (C=O) groups excluding carboxylic acids is 3. The van der Waals surface area contributed by atoms with Gasteiger partial charge in [-0.3, -0.25) is 19.2 Å². The van der Waals surface area contributed by atoms with Gasteiger partial charge in [0.1, 0.15) is 18.1 Å². The number of hydrogen-bond donors (Lipinski definition) is 6. The van der Waals surface area contributed by atoms with E-state index >= 15 is 0 Å². The van der Waals surface area contributed by atoms with Crippen LogP contribution in [0, 0.1) is 5.92 Å². The lowest BCUT2D eigenvalue weighted by Gasteiger charge is -2.25. The molecule has 0 radical (unpaired) electrons. The van der Waals surface area contributed by atoms with Gasteiger partial charge in [0.25, 0.3) is 0 Å².